The Hall–Kier alpha value is -1.91. The van der Waals surface area contributed by atoms with Gasteiger partial charge >= 0.3 is 0 Å². The van der Waals surface area contributed by atoms with Crippen LogP contribution < -0.4 is 10.6 Å². The van der Waals surface area contributed by atoms with E-state index >= 15 is 0 Å². The van der Waals surface area contributed by atoms with E-state index in [0.717, 1.165) is 25.1 Å². The van der Waals surface area contributed by atoms with Gasteiger partial charge in [0, 0.05) is 12.6 Å². The average molecular weight is 339 g/mol. The molecule has 134 valence electrons. The van der Waals surface area contributed by atoms with Crippen molar-refractivity contribution in [3.63, 3.8) is 0 Å². The summed E-state index contributed by atoms with van der Waals surface area (Å²) in [7, 11) is 2.00. The molecule has 2 aromatic rings. The van der Waals surface area contributed by atoms with Crippen LogP contribution >= 0.6 is 0 Å². The fourth-order valence-electron chi connectivity index (χ4n) is 3.65. The summed E-state index contributed by atoms with van der Waals surface area (Å²) >= 11 is 0. The molecule has 0 saturated carbocycles. The van der Waals surface area contributed by atoms with Crippen molar-refractivity contribution in [2.75, 3.05) is 20.1 Å². The fourth-order valence-corrected chi connectivity index (χ4v) is 3.65. The van der Waals surface area contributed by atoms with Crippen LogP contribution in [0.2, 0.25) is 0 Å². The van der Waals surface area contributed by atoms with Crippen LogP contribution in [0.3, 0.4) is 0 Å². The van der Waals surface area contributed by atoms with Gasteiger partial charge in [-0.15, -0.1) is 0 Å². The number of hydrogen-bond donors (Lipinski definition) is 2. The maximum atomic E-state index is 12.7. The lowest BCUT2D eigenvalue weighted by molar-refractivity contribution is -0.127. The van der Waals surface area contributed by atoms with Gasteiger partial charge in [-0.05, 0) is 62.7 Å². The second kappa shape index (κ2) is 7.98. The van der Waals surface area contributed by atoms with Crippen LogP contribution in [0.4, 0.5) is 0 Å². The normalized spacial score (nSPS) is 21.0. The van der Waals surface area contributed by atoms with Crippen LogP contribution in [-0.2, 0) is 4.79 Å². The van der Waals surface area contributed by atoms with Gasteiger partial charge in [0.05, 0.1) is 12.1 Å². The lowest BCUT2D eigenvalue weighted by Gasteiger charge is -2.36. The van der Waals surface area contributed by atoms with E-state index in [1.807, 2.05) is 26.1 Å². The molecule has 4 heteroatoms. The van der Waals surface area contributed by atoms with E-state index in [0.29, 0.717) is 6.04 Å². The molecular formula is C21H29N3O. The largest absolute Gasteiger partial charge is 0.348 e. The minimum atomic E-state index is -0.0981. The van der Waals surface area contributed by atoms with E-state index in [-0.39, 0.29) is 18.0 Å². The van der Waals surface area contributed by atoms with Gasteiger partial charge in [0.25, 0.3) is 0 Å². The number of nitrogens with zero attached hydrogens (tertiary/aromatic N) is 1. The van der Waals surface area contributed by atoms with Crippen LogP contribution in [0.5, 0.6) is 0 Å². The monoisotopic (exact) mass is 339 g/mol. The Morgan fingerprint density at radius 2 is 1.92 bits per heavy atom. The molecule has 0 aliphatic carbocycles. The van der Waals surface area contributed by atoms with Gasteiger partial charge in [0.15, 0.2) is 0 Å². The molecule has 0 spiro atoms. The van der Waals surface area contributed by atoms with Gasteiger partial charge in [-0.2, -0.15) is 0 Å². The number of likely N-dealkylation sites (tertiary alicyclic amines) is 1. The second-order valence-corrected chi connectivity index (χ2v) is 7.14. The molecule has 0 aromatic heterocycles. The average Bonchev–Trinajstić information content (AvgIpc) is 2.66. The van der Waals surface area contributed by atoms with Crippen LogP contribution in [0.15, 0.2) is 42.5 Å². The quantitative estimate of drug-likeness (QED) is 0.880. The number of amides is 1. The van der Waals surface area contributed by atoms with E-state index in [4.69, 9.17) is 0 Å². The van der Waals surface area contributed by atoms with Crippen molar-refractivity contribution in [1.29, 1.82) is 0 Å². The van der Waals surface area contributed by atoms with Crippen molar-refractivity contribution in [3.8, 4) is 0 Å². The number of hydrogen-bond acceptors (Lipinski definition) is 3. The van der Waals surface area contributed by atoms with Crippen molar-refractivity contribution in [2.24, 2.45) is 0 Å². The van der Waals surface area contributed by atoms with Crippen LogP contribution in [0.1, 0.15) is 38.3 Å². The molecule has 1 aliphatic heterocycles. The van der Waals surface area contributed by atoms with Crippen LogP contribution in [0, 0.1) is 0 Å². The molecule has 3 unspecified atom stereocenters. The first-order valence-electron chi connectivity index (χ1n) is 9.29. The molecule has 3 rings (SSSR count). The lowest BCUT2D eigenvalue weighted by Crippen LogP contribution is -2.52. The first-order valence-corrected chi connectivity index (χ1v) is 9.29. The molecule has 1 amide bonds. The minimum Gasteiger partial charge on any atom is -0.348 e. The fraction of sp³-hybridized carbons (Fsp3) is 0.476. The third kappa shape index (κ3) is 4.20. The summed E-state index contributed by atoms with van der Waals surface area (Å²) in [6.07, 6.45) is 2.33. The highest BCUT2D eigenvalue weighted by molar-refractivity contribution is 5.84. The maximum Gasteiger partial charge on any atom is 0.237 e. The molecule has 1 aliphatic rings. The number of likely N-dealkylation sites (N-methyl/N-ethyl adjacent to an activating group) is 1. The summed E-state index contributed by atoms with van der Waals surface area (Å²) < 4.78 is 0. The van der Waals surface area contributed by atoms with Crippen molar-refractivity contribution in [3.05, 3.63) is 48.0 Å². The zero-order valence-corrected chi connectivity index (χ0v) is 15.5. The molecule has 4 nitrogen and oxygen atoms in total. The van der Waals surface area contributed by atoms with Gasteiger partial charge in [0.1, 0.15) is 0 Å². The Labute approximate surface area is 150 Å². The van der Waals surface area contributed by atoms with Gasteiger partial charge in [-0.1, -0.05) is 36.4 Å². The first-order chi connectivity index (χ1) is 12.1. The summed E-state index contributed by atoms with van der Waals surface area (Å²) in [4.78, 5) is 15.0. The Morgan fingerprint density at radius 3 is 2.68 bits per heavy atom. The summed E-state index contributed by atoms with van der Waals surface area (Å²) in [5.74, 6) is 0.109. The third-order valence-corrected chi connectivity index (χ3v) is 5.42. The minimum absolute atomic E-state index is 0.00411. The van der Waals surface area contributed by atoms with Crippen molar-refractivity contribution < 1.29 is 4.79 Å². The number of piperidine rings is 1. The van der Waals surface area contributed by atoms with Crippen molar-refractivity contribution in [1.82, 2.24) is 15.5 Å². The molecule has 1 fully saturated rings. The van der Waals surface area contributed by atoms with Crippen molar-refractivity contribution >= 4 is 16.7 Å². The van der Waals surface area contributed by atoms with E-state index in [2.05, 4.69) is 52.8 Å². The number of fused-ring (bicyclic) bond motifs is 1. The predicted molar refractivity (Wildman–Crippen MR) is 104 cm³/mol. The summed E-state index contributed by atoms with van der Waals surface area (Å²) in [6, 6.07) is 15.1. The number of rotatable bonds is 5. The third-order valence-electron chi connectivity index (χ3n) is 5.42. The standard InChI is InChI=1S/C21H29N3O/c1-15(18-11-10-17-7-4-5-8-19(17)13-18)23-21(25)16(2)24-12-6-9-20(14-24)22-3/h4-5,7-8,10-11,13,15-16,20,22H,6,9,12,14H2,1-3H3,(H,23,25). The topological polar surface area (TPSA) is 44.4 Å². The highest BCUT2D eigenvalue weighted by Gasteiger charge is 2.27. The first kappa shape index (κ1) is 17.9. The van der Waals surface area contributed by atoms with Crippen molar-refractivity contribution in [2.45, 2.75) is 44.8 Å². The molecular weight excluding hydrogens is 310 g/mol. The highest BCUT2D eigenvalue weighted by Crippen LogP contribution is 2.21. The number of carbonyl (C=O) groups excluding carboxylic acids is 1. The number of carbonyl (C=O) groups is 1. The number of nitrogens with one attached hydrogen (secondary N) is 2. The SMILES string of the molecule is CNC1CCCN(C(C)C(=O)NC(C)c2ccc3ccccc3c2)C1. The highest BCUT2D eigenvalue weighted by atomic mass is 16.2. The second-order valence-electron chi connectivity index (χ2n) is 7.14. The molecule has 1 saturated heterocycles. The Morgan fingerprint density at radius 1 is 1.16 bits per heavy atom. The Bertz CT molecular complexity index is 730. The van der Waals surface area contributed by atoms with Crippen LogP contribution in [0.25, 0.3) is 10.8 Å². The molecule has 25 heavy (non-hydrogen) atoms. The summed E-state index contributed by atoms with van der Waals surface area (Å²) in [5, 5.41) is 8.96. The van der Waals surface area contributed by atoms with E-state index in [1.54, 1.807) is 0 Å². The van der Waals surface area contributed by atoms with E-state index < -0.39 is 0 Å². The molecule has 2 aromatic carbocycles. The summed E-state index contributed by atoms with van der Waals surface area (Å²) in [6.45, 7) is 6.01. The molecule has 0 radical (unpaired) electrons. The van der Waals surface area contributed by atoms with E-state index in [9.17, 15) is 4.79 Å². The molecule has 0 bridgehead atoms. The van der Waals surface area contributed by atoms with Gasteiger partial charge < -0.3 is 10.6 Å². The summed E-state index contributed by atoms with van der Waals surface area (Å²) in [5.41, 5.74) is 1.14. The zero-order chi connectivity index (χ0) is 17.8. The van der Waals surface area contributed by atoms with Gasteiger partial charge in [-0.3, -0.25) is 9.69 Å². The number of benzene rings is 2. The van der Waals surface area contributed by atoms with Crippen LogP contribution in [-0.4, -0.2) is 43.0 Å². The predicted octanol–water partition coefficient (Wildman–Crippen LogP) is 3.09. The smallest absolute Gasteiger partial charge is 0.237 e. The Balaban J connectivity index is 1.64. The van der Waals surface area contributed by atoms with E-state index in [1.165, 1.54) is 17.2 Å². The maximum absolute atomic E-state index is 12.7. The molecule has 3 atom stereocenters. The molecule has 1 heterocycles. The Kier molecular flexibility index (Phi) is 5.71. The van der Waals surface area contributed by atoms with Gasteiger partial charge in [-0.25, -0.2) is 0 Å². The molecule has 2 N–H and O–H groups in total. The lowest BCUT2D eigenvalue weighted by atomic mass is 10.0. The van der Waals surface area contributed by atoms with Gasteiger partial charge in [0.2, 0.25) is 5.91 Å². The zero-order valence-electron chi connectivity index (χ0n) is 15.5.